The first-order chi connectivity index (χ1) is 15.3. The van der Waals surface area contributed by atoms with E-state index in [-0.39, 0.29) is 16.9 Å². The fourth-order valence-electron chi connectivity index (χ4n) is 3.41. The Hall–Kier alpha value is -2.68. The van der Waals surface area contributed by atoms with Gasteiger partial charge in [-0.1, -0.05) is 46.8 Å². The molecule has 5 nitrogen and oxygen atoms in total. The van der Waals surface area contributed by atoms with Gasteiger partial charge < -0.3 is 9.88 Å². The molecule has 2 aromatic heterocycles. The van der Waals surface area contributed by atoms with Gasteiger partial charge in [-0.3, -0.25) is 4.79 Å². The van der Waals surface area contributed by atoms with E-state index < -0.39 is 0 Å². The van der Waals surface area contributed by atoms with E-state index in [1.165, 1.54) is 29.2 Å². The van der Waals surface area contributed by atoms with Crippen molar-refractivity contribution in [2.24, 2.45) is 0 Å². The highest BCUT2D eigenvalue weighted by atomic mass is 35.5. The summed E-state index contributed by atoms with van der Waals surface area (Å²) in [6.07, 6.45) is 0. The first-order valence-corrected chi connectivity index (χ1v) is 11.9. The van der Waals surface area contributed by atoms with Crippen LogP contribution in [0.25, 0.3) is 5.69 Å². The van der Waals surface area contributed by atoms with E-state index >= 15 is 0 Å². The van der Waals surface area contributed by atoms with Gasteiger partial charge in [0.05, 0.1) is 10.9 Å². The number of anilines is 2. The Morgan fingerprint density at radius 3 is 2.59 bits per heavy atom. The number of hydrogen-bond donors (Lipinski definition) is 1. The van der Waals surface area contributed by atoms with Gasteiger partial charge in [0.25, 0.3) is 0 Å². The summed E-state index contributed by atoms with van der Waals surface area (Å²) >= 11 is 8.63. The molecular formula is C23H20ClFN4OS2. The number of halogens is 2. The summed E-state index contributed by atoms with van der Waals surface area (Å²) < 4.78 is 16.5. The quantitative estimate of drug-likeness (QED) is 0.229. The molecule has 1 N–H and O–H groups in total. The predicted octanol–water partition coefficient (Wildman–Crippen LogP) is 6.85. The third-order valence-corrected chi connectivity index (χ3v) is 7.23. The third-order valence-electron chi connectivity index (χ3n) is 4.95. The van der Waals surface area contributed by atoms with Crippen molar-refractivity contribution in [3.8, 4) is 5.69 Å². The van der Waals surface area contributed by atoms with Gasteiger partial charge in [-0.25, -0.2) is 4.39 Å². The highest BCUT2D eigenvalue weighted by Gasteiger charge is 2.23. The summed E-state index contributed by atoms with van der Waals surface area (Å²) in [4.78, 5) is 13.2. The fourth-order valence-corrected chi connectivity index (χ4v) is 5.51. The van der Waals surface area contributed by atoms with Gasteiger partial charge in [-0.2, -0.15) is 0 Å². The average Bonchev–Trinajstić information content (AvgIpc) is 3.33. The van der Waals surface area contributed by atoms with E-state index in [9.17, 15) is 9.18 Å². The Balaban J connectivity index is 1.49. The van der Waals surface area contributed by atoms with Crippen LogP contribution in [0.2, 0.25) is 5.02 Å². The van der Waals surface area contributed by atoms with Gasteiger partial charge >= 0.3 is 0 Å². The molecule has 0 aliphatic carbocycles. The Morgan fingerprint density at radius 2 is 1.88 bits per heavy atom. The van der Waals surface area contributed by atoms with E-state index in [4.69, 9.17) is 11.6 Å². The molecule has 9 heteroatoms. The SMILES string of the molecule is Cc1cc(C(=O)[C@@H](C)Sc2nnc(Nc3ccccc3F)s2)c(C)n1-c1ccc(Cl)cc1. The molecule has 0 fully saturated rings. The van der Waals surface area contributed by atoms with Crippen molar-refractivity contribution in [1.29, 1.82) is 0 Å². The molecule has 4 aromatic rings. The summed E-state index contributed by atoms with van der Waals surface area (Å²) in [6.45, 7) is 5.77. The summed E-state index contributed by atoms with van der Waals surface area (Å²) in [5.74, 6) is -0.349. The topological polar surface area (TPSA) is 59.8 Å². The summed E-state index contributed by atoms with van der Waals surface area (Å²) in [7, 11) is 0. The number of thioether (sulfide) groups is 1. The molecule has 0 aliphatic rings. The second-order valence-electron chi connectivity index (χ2n) is 7.20. The summed E-state index contributed by atoms with van der Waals surface area (Å²) in [5, 5.41) is 11.9. The van der Waals surface area contributed by atoms with Crippen molar-refractivity contribution in [3.05, 3.63) is 82.4 Å². The number of nitrogens with zero attached hydrogens (tertiary/aromatic N) is 3. The highest BCUT2D eigenvalue weighted by molar-refractivity contribution is 8.02. The number of hydrogen-bond acceptors (Lipinski definition) is 6. The van der Waals surface area contributed by atoms with Crippen molar-refractivity contribution in [1.82, 2.24) is 14.8 Å². The normalized spacial score (nSPS) is 12.0. The number of para-hydroxylation sites is 1. The van der Waals surface area contributed by atoms with Crippen LogP contribution in [0.1, 0.15) is 28.7 Å². The van der Waals surface area contributed by atoms with E-state index in [1.807, 2.05) is 55.7 Å². The maximum atomic E-state index is 13.8. The van der Waals surface area contributed by atoms with Crippen LogP contribution >= 0.6 is 34.7 Å². The number of ketones is 1. The first kappa shape index (κ1) is 22.5. The molecule has 0 radical (unpaired) electrons. The number of Topliss-reactive ketones (excluding diaryl/α,β-unsaturated/α-hetero) is 1. The van der Waals surface area contributed by atoms with Crippen LogP contribution in [0, 0.1) is 19.7 Å². The van der Waals surface area contributed by atoms with Gasteiger partial charge in [0.15, 0.2) is 10.1 Å². The molecule has 2 aromatic carbocycles. The van der Waals surface area contributed by atoms with Crippen LogP contribution in [-0.2, 0) is 0 Å². The minimum Gasteiger partial charge on any atom is -0.328 e. The number of benzene rings is 2. The molecule has 0 saturated carbocycles. The molecule has 0 unspecified atom stereocenters. The Kier molecular flexibility index (Phi) is 6.64. The standard InChI is InChI=1S/C23H20ClFN4OS2/c1-13-12-18(14(2)29(13)17-10-8-16(24)9-11-17)21(30)15(3)31-23-28-27-22(32-23)26-20-7-5-4-6-19(20)25/h4-12,15H,1-3H3,(H,26,27)/t15-/m1/s1. The lowest BCUT2D eigenvalue weighted by molar-refractivity contribution is 0.0993. The minimum absolute atomic E-state index is 0.0159. The molecule has 0 bridgehead atoms. The van der Waals surface area contributed by atoms with Crippen molar-refractivity contribution in [2.45, 2.75) is 30.4 Å². The zero-order valence-corrected chi connectivity index (χ0v) is 20.0. The third kappa shape index (κ3) is 4.72. The van der Waals surface area contributed by atoms with Crippen molar-refractivity contribution in [2.75, 3.05) is 5.32 Å². The highest BCUT2D eigenvalue weighted by Crippen LogP contribution is 2.33. The van der Waals surface area contributed by atoms with Crippen LogP contribution in [0.3, 0.4) is 0 Å². The lowest BCUT2D eigenvalue weighted by Crippen LogP contribution is -2.14. The summed E-state index contributed by atoms with van der Waals surface area (Å²) in [5.41, 5.74) is 3.81. The second-order valence-corrected chi connectivity index (χ2v) is 10.2. The Bertz CT molecular complexity index is 1270. The van der Waals surface area contributed by atoms with Crippen molar-refractivity contribution in [3.63, 3.8) is 0 Å². The molecule has 164 valence electrons. The predicted molar refractivity (Wildman–Crippen MR) is 129 cm³/mol. The molecule has 4 rings (SSSR count). The lowest BCUT2D eigenvalue weighted by atomic mass is 10.1. The smallest absolute Gasteiger partial charge is 0.210 e. The van der Waals surface area contributed by atoms with Crippen molar-refractivity contribution >= 4 is 51.3 Å². The Labute approximate surface area is 198 Å². The number of rotatable bonds is 7. The maximum Gasteiger partial charge on any atom is 0.210 e. The van der Waals surface area contributed by atoms with E-state index in [0.717, 1.165) is 17.1 Å². The van der Waals surface area contributed by atoms with Gasteiger partial charge in [0, 0.05) is 27.7 Å². The van der Waals surface area contributed by atoms with E-state index in [2.05, 4.69) is 15.5 Å². The van der Waals surface area contributed by atoms with Gasteiger partial charge in [0.1, 0.15) is 5.82 Å². The lowest BCUT2D eigenvalue weighted by Gasteiger charge is -2.11. The molecule has 0 spiro atoms. The molecule has 0 amide bonds. The number of aromatic nitrogens is 3. The maximum absolute atomic E-state index is 13.8. The Morgan fingerprint density at radius 1 is 1.16 bits per heavy atom. The van der Waals surface area contributed by atoms with Crippen LogP contribution in [0.5, 0.6) is 0 Å². The molecule has 32 heavy (non-hydrogen) atoms. The van der Waals surface area contributed by atoms with Crippen LogP contribution in [0.15, 0.2) is 58.9 Å². The number of carbonyl (C=O) groups excluding carboxylic acids is 1. The monoisotopic (exact) mass is 486 g/mol. The molecule has 2 heterocycles. The van der Waals surface area contributed by atoms with Crippen LogP contribution < -0.4 is 5.32 Å². The number of aryl methyl sites for hydroxylation is 1. The zero-order valence-electron chi connectivity index (χ0n) is 17.6. The fraction of sp³-hybridized carbons (Fsp3) is 0.174. The van der Waals surface area contributed by atoms with Gasteiger partial charge in [-0.05, 0) is 63.2 Å². The van der Waals surface area contributed by atoms with E-state index in [1.54, 1.807) is 18.2 Å². The summed E-state index contributed by atoms with van der Waals surface area (Å²) in [6, 6.07) is 15.8. The molecule has 0 saturated heterocycles. The number of carbonyl (C=O) groups is 1. The van der Waals surface area contributed by atoms with Crippen molar-refractivity contribution < 1.29 is 9.18 Å². The zero-order chi connectivity index (χ0) is 22.8. The first-order valence-electron chi connectivity index (χ1n) is 9.84. The minimum atomic E-state index is -0.364. The van der Waals surface area contributed by atoms with Gasteiger partial charge in [0.2, 0.25) is 5.13 Å². The number of nitrogens with one attached hydrogen (secondary N) is 1. The second kappa shape index (κ2) is 9.44. The molecular weight excluding hydrogens is 467 g/mol. The largest absolute Gasteiger partial charge is 0.328 e. The van der Waals surface area contributed by atoms with E-state index in [0.29, 0.717) is 25.7 Å². The van der Waals surface area contributed by atoms with Crippen LogP contribution in [-0.4, -0.2) is 25.8 Å². The molecule has 0 aliphatic heterocycles. The van der Waals surface area contributed by atoms with Crippen LogP contribution in [0.4, 0.5) is 15.2 Å². The molecule has 1 atom stereocenters. The average molecular weight is 487 g/mol. The van der Waals surface area contributed by atoms with Gasteiger partial charge in [-0.15, -0.1) is 10.2 Å².